The molecule has 4 amide bonds. The Morgan fingerprint density at radius 2 is 1.68 bits per heavy atom. The van der Waals surface area contributed by atoms with Crippen molar-refractivity contribution in [2.24, 2.45) is 0 Å². The highest BCUT2D eigenvalue weighted by Crippen LogP contribution is 2.24. The molecule has 0 saturated carbocycles. The Morgan fingerprint density at radius 3 is 2.32 bits per heavy atom. The van der Waals surface area contributed by atoms with Crippen molar-refractivity contribution in [3.63, 3.8) is 0 Å². The summed E-state index contributed by atoms with van der Waals surface area (Å²) in [6.07, 6.45) is 2.64. The maximum absolute atomic E-state index is 12.9. The molecule has 3 aromatic rings. The predicted octanol–water partition coefficient (Wildman–Crippen LogP) is 4.50. The smallest absolute Gasteiger partial charge is 0.325 e. The molecule has 0 atom stereocenters. The Kier molecular flexibility index (Phi) is 6.36. The molecule has 0 unspecified atom stereocenters. The van der Waals surface area contributed by atoms with Crippen LogP contribution in [0, 0.1) is 20.8 Å². The number of hydrogen-bond acceptors (Lipinski definition) is 3. The molecular weight excluding hydrogens is 428 g/mol. The van der Waals surface area contributed by atoms with Crippen molar-refractivity contribution in [2.75, 3.05) is 11.9 Å². The molecule has 4 rings (SSSR count). The third-order valence-corrected chi connectivity index (χ3v) is 5.97. The summed E-state index contributed by atoms with van der Waals surface area (Å²) >= 11 is 0. The maximum atomic E-state index is 12.9. The van der Waals surface area contributed by atoms with Gasteiger partial charge in [-0.15, -0.1) is 0 Å². The SMILES string of the molecule is CCc1ccc(-n2c(C)cc(/C=C3\NC(=O)N(CC(=O)Nc4ccc(C)cc4)C3=O)c2C)cc1. The van der Waals surface area contributed by atoms with Gasteiger partial charge in [-0.3, -0.25) is 9.59 Å². The van der Waals surface area contributed by atoms with Crippen LogP contribution in [0.4, 0.5) is 10.5 Å². The number of rotatable bonds is 6. The van der Waals surface area contributed by atoms with Gasteiger partial charge in [0, 0.05) is 22.8 Å². The van der Waals surface area contributed by atoms with Crippen molar-refractivity contribution < 1.29 is 14.4 Å². The number of amides is 4. The quantitative estimate of drug-likeness (QED) is 0.423. The van der Waals surface area contributed by atoms with Gasteiger partial charge in [-0.05, 0) is 74.7 Å². The molecule has 2 N–H and O–H groups in total. The van der Waals surface area contributed by atoms with E-state index in [1.54, 1.807) is 18.2 Å². The average molecular weight is 457 g/mol. The molecule has 34 heavy (non-hydrogen) atoms. The van der Waals surface area contributed by atoms with Crippen LogP contribution in [0.15, 0.2) is 60.3 Å². The van der Waals surface area contributed by atoms with Crippen LogP contribution in [0.1, 0.15) is 35.0 Å². The molecule has 1 fully saturated rings. The molecule has 1 aliphatic heterocycles. The summed E-state index contributed by atoms with van der Waals surface area (Å²) in [4.78, 5) is 38.6. The molecule has 0 radical (unpaired) electrons. The molecule has 7 heteroatoms. The van der Waals surface area contributed by atoms with Crippen molar-refractivity contribution in [3.8, 4) is 5.69 Å². The largest absolute Gasteiger partial charge is 0.329 e. The van der Waals surface area contributed by atoms with E-state index in [0.717, 1.165) is 39.5 Å². The number of carbonyl (C=O) groups excluding carboxylic acids is 3. The monoisotopic (exact) mass is 456 g/mol. The highest BCUT2D eigenvalue weighted by Gasteiger charge is 2.35. The van der Waals surface area contributed by atoms with E-state index < -0.39 is 17.8 Å². The number of benzene rings is 2. The van der Waals surface area contributed by atoms with Gasteiger partial charge in [0.25, 0.3) is 5.91 Å². The third-order valence-electron chi connectivity index (χ3n) is 5.97. The molecule has 174 valence electrons. The standard InChI is InChI=1S/C27H28N4O3/c1-5-20-8-12-23(13-9-20)31-18(3)14-21(19(31)4)15-24-26(33)30(27(34)29-24)16-25(32)28-22-10-6-17(2)7-11-22/h6-15H,5,16H2,1-4H3,(H,28,32)(H,29,34)/b24-15-. The van der Waals surface area contributed by atoms with Crippen LogP contribution in [0.2, 0.25) is 0 Å². The Bertz CT molecular complexity index is 1280. The fraction of sp³-hybridized carbons (Fsp3) is 0.222. The molecule has 1 aliphatic rings. The number of aryl methyl sites for hydroxylation is 3. The van der Waals surface area contributed by atoms with E-state index in [0.29, 0.717) is 5.69 Å². The molecule has 0 aliphatic carbocycles. The Morgan fingerprint density at radius 1 is 1.00 bits per heavy atom. The van der Waals surface area contributed by atoms with E-state index in [1.165, 1.54) is 5.56 Å². The lowest BCUT2D eigenvalue weighted by molar-refractivity contribution is -0.127. The fourth-order valence-corrected chi connectivity index (χ4v) is 4.06. The fourth-order valence-electron chi connectivity index (χ4n) is 4.06. The minimum Gasteiger partial charge on any atom is -0.325 e. The average Bonchev–Trinajstić information content (AvgIpc) is 3.24. The predicted molar refractivity (Wildman–Crippen MR) is 133 cm³/mol. The number of imide groups is 1. The van der Waals surface area contributed by atoms with E-state index >= 15 is 0 Å². The van der Waals surface area contributed by atoms with Crippen LogP contribution >= 0.6 is 0 Å². The molecule has 1 aromatic heterocycles. The van der Waals surface area contributed by atoms with E-state index in [4.69, 9.17) is 0 Å². The minimum absolute atomic E-state index is 0.148. The van der Waals surface area contributed by atoms with E-state index in [1.807, 2.05) is 39.0 Å². The number of urea groups is 1. The zero-order chi connectivity index (χ0) is 24.4. The molecule has 1 saturated heterocycles. The van der Waals surface area contributed by atoms with Crippen LogP contribution in [0.25, 0.3) is 11.8 Å². The van der Waals surface area contributed by atoms with Gasteiger partial charge in [0.1, 0.15) is 12.2 Å². The molecular formula is C27H28N4O3. The van der Waals surface area contributed by atoms with Crippen molar-refractivity contribution in [1.82, 2.24) is 14.8 Å². The number of nitrogens with one attached hydrogen (secondary N) is 2. The van der Waals surface area contributed by atoms with Gasteiger partial charge in [-0.1, -0.05) is 36.8 Å². The van der Waals surface area contributed by atoms with Crippen LogP contribution in [-0.4, -0.2) is 33.9 Å². The summed E-state index contributed by atoms with van der Waals surface area (Å²) in [5, 5.41) is 5.31. The Labute approximate surface area is 199 Å². The topological polar surface area (TPSA) is 83.4 Å². The zero-order valence-corrected chi connectivity index (χ0v) is 19.8. The second kappa shape index (κ2) is 9.39. The number of carbonyl (C=O) groups is 3. The zero-order valence-electron chi connectivity index (χ0n) is 19.8. The first-order valence-corrected chi connectivity index (χ1v) is 11.3. The first-order valence-electron chi connectivity index (χ1n) is 11.3. The number of nitrogens with zero attached hydrogens (tertiary/aromatic N) is 2. The lowest BCUT2D eigenvalue weighted by Crippen LogP contribution is -2.38. The van der Waals surface area contributed by atoms with Crippen LogP contribution in [0.3, 0.4) is 0 Å². The second-order valence-electron chi connectivity index (χ2n) is 8.48. The molecule has 2 aromatic carbocycles. The summed E-state index contributed by atoms with van der Waals surface area (Å²) in [5.41, 5.74) is 6.91. The van der Waals surface area contributed by atoms with Crippen molar-refractivity contribution in [3.05, 3.63) is 88.4 Å². The number of aromatic nitrogens is 1. The van der Waals surface area contributed by atoms with Crippen LogP contribution < -0.4 is 10.6 Å². The first-order chi connectivity index (χ1) is 16.3. The Hall–Kier alpha value is -4.13. The lowest BCUT2D eigenvalue weighted by Gasteiger charge is -2.12. The van der Waals surface area contributed by atoms with Gasteiger partial charge >= 0.3 is 6.03 Å². The first kappa shape index (κ1) is 23.0. The van der Waals surface area contributed by atoms with Crippen LogP contribution in [0.5, 0.6) is 0 Å². The van der Waals surface area contributed by atoms with Gasteiger partial charge in [-0.2, -0.15) is 0 Å². The van der Waals surface area contributed by atoms with Gasteiger partial charge in [0.2, 0.25) is 5.91 Å². The highest BCUT2D eigenvalue weighted by molar-refractivity contribution is 6.16. The summed E-state index contributed by atoms with van der Waals surface area (Å²) in [6.45, 7) is 7.68. The van der Waals surface area contributed by atoms with Gasteiger partial charge in [0.05, 0.1) is 0 Å². The molecule has 0 spiro atoms. The summed E-state index contributed by atoms with van der Waals surface area (Å²) in [7, 11) is 0. The number of hydrogen-bond donors (Lipinski definition) is 2. The van der Waals surface area contributed by atoms with Crippen molar-refractivity contribution >= 4 is 29.6 Å². The Balaban J connectivity index is 1.51. The van der Waals surface area contributed by atoms with Crippen molar-refractivity contribution in [1.29, 1.82) is 0 Å². The van der Waals surface area contributed by atoms with E-state index in [-0.39, 0.29) is 12.2 Å². The minimum atomic E-state index is -0.612. The van der Waals surface area contributed by atoms with Gasteiger partial charge in [-0.25, -0.2) is 9.69 Å². The molecule has 0 bridgehead atoms. The van der Waals surface area contributed by atoms with E-state index in [9.17, 15) is 14.4 Å². The third kappa shape index (κ3) is 4.64. The van der Waals surface area contributed by atoms with Gasteiger partial charge < -0.3 is 15.2 Å². The van der Waals surface area contributed by atoms with Crippen LogP contribution in [-0.2, 0) is 16.0 Å². The normalized spacial score (nSPS) is 14.6. The highest BCUT2D eigenvalue weighted by atomic mass is 16.2. The van der Waals surface area contributed by atoms with E-state index in [2.05, 4.69) is 46.4 Å². The van der Waals surface area contributed by atoms with Crippen molar-refractivity contribution in [2.45, 2.75) is 34.1 Å². The molecule has 7 nitrogen and oxygen atoms in total. The van der Waals surface area contributed by atoms with Gasteiger partial charge in [0.15, 0.2) is 0 Å². The summed E-state index contributed by atoms with van der Waals surface area (Å²) in [5.74, 6) is -0.969. The summed E-state index contributed by atoms with van der Waals surface area (Å²) < 4.78 is 2.11. The summed E-state index contributed by atoms with van der Waals surface area (Å²) in [6, 6.07) is 17.0. The maximum Gasteiger partial charge on any atom is 0.329 e. The molecule has 2 heterocycles. The number of anilines is 1. The lowest BCUT2D eigenvalue weighted by atomic mass is 10.1. The second-order valence-corrected chi connectivity index (χ2v) is 8.48.